The molecule has 1 aromatic rings. The molecule has 6 nitrogen and oxygen atoms in total. The van der Waals surface area contributed by atoms with Crippen molar-refractivity contribution in [1.82, 2.24) is 0 Å². The van der Waals surface area contributed by atoms with E-state index in [4.69, 9.17) is 9.47 Å². The van der Waals surface area contributed by atoms with Crippen LogP contribution in [0.2, 0.25) is 0 Å². The van der Waals surface area contributed by atoms with Gasteiger partial charge in [0.25, 0.3) is 5.79 Å². The molecular formula is C24H28O6. The molecule has 4 aliphatic carbocycles. The Balaban J connectivity index is 1.58. The van der Waals surface area contributed by atoms with Crippen LogP contribution in [0.25, 0.3) is 6.08 Å². The van der Waals surface area contributed by atoms with Crippen LogP contribution >= 0.6 is 0 Å². The lowest BCUT2D eigenvalue weighted by Crippen LogP contribution is -2.84. The largest absolute Gasteiger partial charge is 0.426 e. The van der Waals surface area contributed by atoms with Crippen LogP contribution in [0.5, 0.6) is 0 Å². The number of fused-ring (bicyclic) bond motifs is 1. The second-order valence-corrected chi connectivity index (χ2v) is 9.92. The second kappa shape index (κ2) is 5.81. The third-order valence-corrected chi connectivity index (χ3v) is 9.20. The smallest absolute Gasteiger partial charge is 0.333 e. The van der Waals surface area contributed by atoms with E-state index in [9.17, 15) is 19.8 Å². The summed E-state index contributed by atoms with van der Waals surface area (Å²) >= 11 is 0. The molecule has 6 rings (SSSR count). The molecule has 1 spiro atoms. The highest BCUT2D eigenvalue weighted by molar-refractivity contribution is 5.93. The van der Waals surface area contributed by atoms with Crippen LogP contribution in [0.3, 0.4) is 0 Å². The molecule has 2 unspecified atom stereocenters. The van der Waals surface area contributed by atoms with Crippen LogP contribution in [0.15, 0.2) is 36.4 Å². The molecule has 4 saturated carbocycles. The first-order valence-corrected chi connectivity index (χ1v) is 10.6. The van der Waals surface area contributed by atoms with Crippen molar-refractivity contribution in [2.45, 2.75) is 57.5 Å². The van der Waals surface area contributed by atoms with Gasteiger partial charge in [0.15, 0.2) is 0 Å². The molecule has 1 saturated heterocycles. The van der Waals surface area contributed by atoms with E-state index >= 15 is 0 Å². The molecule has 4 bridgehead atoms. The number of carbonyl (C=O) groups is 2. The fourth-order valence-corrected chi connectivity index (χ4v) is 7.22. The third-order valence-electron chi connectivity index (χ3n) is 9.20. The first-order chi connectivity index (χ1) is 14.1. The van der Waals surface area contributed by atoms with E-state index < -0.39 is 39.7 Å². The first-order valence-electron chi connectivity index (χ1n) is 10.6. The Morgan fingerprint density at radius 2 is 1.97 bits per heavy atom. The highest BCUT2D eigenvalue weighted by Gasteiger charge is 2.92. The first kappa shape index (κ1) is 19.9. The molecule has 30 heavy (non-hydrogen) atoms. The number of aliphatic hydroxyl groups is 2. The molecule has 1 heterocycles. The molecule has 5 aliphatic rings. The van der Waals surface area contributed by atoms with E-state index in [0.717, 1.165) is 5.56 Å². The summed E-state index contributed by atoms with van der Waals surface area (Å²) in [7, 11) is 0. The number of esters is 1. The minimum atomic E-state index is -1.81. The van der Waals surface area contributed by atoms with Gasteiger partial charge in [-0.05, 0) is 37.3 Å². The monoisotopic (exact) mass is 412 g/mol. The van der Waals surface area contributed by atoms with E-state index in [1.54, 1.807) is 13.0 Å². The van der Waals surface area contributed by atoms with Crippen molar-refractivity contribution in [3.8, 4) is 0 Å². The lowest BCUT2D eigenvalue weighted by atomic mass is 9.35. The number of ketones is 1. The Morgan fingerprint density at radius 1 is 1.27 bits per heavy atom. The van der Waals surface area contributed by atoms with Gasteiger partial charge in [0.1, 0.15) is 17.3 Å². The lowest BCUT2D eigenvalue weighted by Gasteiger charge is -2.70. The Bertz CT molecular complexity index is 958. The average Bonchev–Trinajstić information content (AvgIpc) is 3.12. The quantitative estimate of drug-likeness (QED) is 0.585. The standard InChI is InChI=1S/C24H28O6/c1-15-11-12-23(28)20(2)14-29-24(19(27)22(15,23)13-17(25)21(20,24)3)30-18(26)10-9-16-7-5-4-6-8-16/h4-10,15,19,27-28H,11-14H2,1-3H3/b10-9+/t15-,19-,20+,21?,22?,23+,24+/m1/s1. The van der Waals surface area contributed by atoms with Gasteiger partial charge in [0.2, 0.25) is 0 Å². The maximum absolute atomic E-state index is 13.5. The average molecular weight is 412 g/mol. The lowest BCUT2D eigenvalue weighted by molar-refractivity contribution is -0.369. The van der Waals surface area contributed by atoms with Gasteiger partial charge in [0, 0.05) is 23.3 Å². The predicted molar refractivity (Wildman–Crippen MR) is 108 cm³/mol. The van der Waals surface area contributed by atoms with Crippen LogP contribution in [-0.2, 0) is 19.1 Å². The summed E-state index contributed by atoms with van der Waals surface area (Å²) in [5, 5.41) is 23.5. The second-order valence-electron chi connectivity index (χ2n) is 9.92. The number of benzene rings is 1. The van der Waals surface area contributed by atoms with Crippen molar-refractivity contribution in [3.05, 3.63) is 42.0 Å². The van der Waals surface area contributed by atoms with Crippen molar-refractivity contribution in [2.24, 2.45) is 22.2 Å². The van der Waals surface area contributed by atoms with Crippen LogP contribution in [-0.4, -0.2) is 46.1 Å². The summed E-state index contributed by atoms with van der Waals surface area (Å²) in [6, 6.07) is 9.31. The van der Waals surface area contributed by atoms with Gasteiger partial charge in [0.05, 0.1) is 12.2 Å². The van der Waals surface area contributed by atoms with Crippen LogP contribution in [0.1, 0.15) is 45.6 Å². The minimum absolute atomic E-state index is 0.0486. The van der Waals surface area contributed by atoms with Gasteiger partial charge in [-0.1, -0.05) is 44.2 Å². The van der Waals surface area contributed by atoms with Gasteiger partial charge < -0.3 is 19.7 Å². The number of hydrogen-bond acceptors (Lipinski definition) is 6. The zero-order valence-corrected chi connectivity index (χ0v) is 17.6. The van der Waals surface area contributed by atoms with Gasteiger partial charge >= 0.3 is 5.97 Å². The highest BCUT2D eigenvalue weighted by Crippen LogP contribution is 2.80. The maximum Gasteiger partial charge on any atom is 0.333 e. The number of Topliss-reactive ketones (excluding diaryl/α,β-unsaturated/α-hetero) is 1. The Labute approximate surface area is 175 Å². The highest BCUT2D eigenvalue weighted by atomic mass is 16.7. The molecule has 0 radical (unpaired) electrons. The number of carbonyl (C=O) groups excluding carboxylic acids is 2. The fraction of sp³-hybridized carbons (Fsp3) is 0.583. The predicted octanol–water partition coefficient (Wildman–Crippen LogP) is 2.48. The molecule has 160 valence electrons. The molecule has 0 aromatic heterocycles. The summed E-state index contributed by atoms with van der Waals surface area (Å²) in [6.45, 7) is 5.53. The minimum Gasteiger partial charge on any atom is -0.426 e. The molecule has 7 atom stereocenters. The molecule has 1 aliphatic heterocycles. The number of aliphatic hydroxyl groups excluding tert-OH is 1. The van der Waals surface area contributed by atoms with Gasteiger partial charge in [-0.15, -0.1) is 0 Å². The Hall–Kier alpha value is -2.02. The van der Waals surface area contributed by atoms with E-state index in [0.29, 0.717) is 12.8 Å². The zero-order chi connectivity index (χ0) is 21.6. The topological polar surface area (TPSA) is 93.1 Å². The summed E-state index contributed by atoms with van der Waals surface area (Å²) in [5.41, 5.74) is -3.81. The number of ether oxygens (including phenoxy) is 2. The SMILES string of the molecule is C[C@@H]1CC[C@@]2(O)C13CC(=O)C1(C)[C@](OC(=O)/C=C/c4ccccc4)(OC[C@@]12C)[C@@H]3O. The van der Waals surface area contributed by atoms with E-state index in [-0.39, 0.29) is 24.7 Å². The summed E-state index contributed by atoms with van der Waals surface area (Å²) in [5.74, 6) is -2.72. The fourth-order valence-electron chi connectivity index (χ4n) is 7.22. The molecular weight excluding hydrogens is 384 g/mol. The molecule has 1 aromatic carbocycles. The van der Waals surface area contributed by atoms with E-state index in [2.05, 4.69) is 0 Å². The van der Waals surface area contributed by atoms with Crippen molar-refractivity contribution in [2.75, 3.05) is 6.61 Å². The van der Waals surface area contributed by atoms with Crippen LogP contribution < -0.4 is 0 Å². The molecule has 6 heteroatoms. The van der Waals surface area contributed by atoms with Gasteiger partial charge in [-0.3, -0.25) is 4.79 Å². The molecule has 2 N–H and O–H groups in total. The molecule has 5 fully saturated rings. The Morgan fingerprint density at radius 3 is 2.67 bits per heavy atom. The van der Waals surface area contributed by atoms with Crippen molar-refractivity contribution < 1.29 is 29.3 Å². The third kappa shape index (κ3) is 1.84. The Kier molecular flexibility index (Phi) is 3.86. The van der Waals surface area contributed by atoms with Crippen LogP contribution in [0.4, 0.5) is 0 Å². The summed E-state index contributed by atoms with van der Waals surface area (Å²) in [6.07, 6.45) is 2.88. The summed E-state index contributed by atoms with van der Waals surface area (Å²) in [4.78, 5) is 26.3. The maximum atomic E-state index is 13.5. The van der Waals surface area contributed by atoms with E-state index in [1.165, 1.54) is 6.08 Å². The zero-order valence-electron chi connectivity index (χ0n) is 17.6. The normalized spacial score (nSPS) is 48.9. The summed E-state index contributed by atoms with van der Waals surface area (Å²) < 4.78 is 11.9. The van der Waals surface area contributed by atoms with Crippen molar-refractivity contribution in [3.63, 3.8) is 0 Å². The van der Waals surface area contributed by atoms with Gasteiger partial charge in [-0.25, -0.2) is 4.79 Å². The number of hydrogen-bond donors (Lipinski definition) is 2. The van der Waals surface area contributed by atoms with Gasteiger partial charge in [-0.2, -0.15) is 0 Å². The van der Waals surface area contributed by atoms with Crippen LogP contribution in [0, 0.1) is 22.2 Å². The van der Waals surface area contributed by atoms with E-state index in [1.807, 2.05) is 44.2 Å². The molecule has 0 amide bonds. The van der Waals surface area contributed by atoms with Crippen molar-refractivity contribution in [1.29, 1.82) is 0 Å². The number of rotatable bonds is 3. The van der Waals surface area contributed by atoms with Crippen molar-refractivity contribution >= 4 is 17.8 Å².